The number of hydrogen-bond acceptors (Lipinski definition) is 0. The molecule has 0 amide bonds. The molecule has 0 spiro atoms. The van der Waals surface area contributed by atoms with E-state index in [9.17, 15) is 0 Å². The summed E-state index contributed by atoms with van der Waals surface area (Å²) < 4.78 is 0. The van der Waals surface area contributed by atoms with Gasteiger partial charge in [0.2, 0.25) is 0 Å². The van der Waals surface area contributed by atoms with Gasteiger partial charge in [0, 0.05) is 0 Å². The molecule has 0 bridgehead atoms. The third-order valence-electron chi connectivity index (χ3n) is 6.53. The van der Waals surface area contributed by atoms with Gasteiger partial charge in [-0.1, -0.05) is 61.8 Å². The number of hydrogen-bond donors (Lipinski definition) is 0. The molecule has 0 aromatic rings. The minimum absolute atomic E-state index is 0.826. The Balaban J connectivity index is 2.57. The van der Waals surface area contributed by atoms with Crippen molar-refractivity contribution < 1.29 is 0 Å². The predicted molar refractivity (Wildman–Crippen MR) is 91.8 cm³/mol. The van der Waals surface area contributed by atoms with Crippen LogP contribution < -0.4 is 0 Å². The molecule has 0 radical (unpaired) electrons. The van der Waals surface area contributed by atoms with Crippen molar-refractivity contribution in [3.63, 3.8) is 0 Å². The summed E-state index contributed by atoms with van der Waals surface area (Å²) in [6.07, 6.45) is 5.85. The van der Waals surface area contributed by atoms with Gasteiger partial charge < -0.3 is 0 Å². The molecular weight excluding hydrogens is 240 g/mol. The lowest BCUT2D eigenvalue weighted by molar-refractivity contribution is 0.0152. The van der Waals surface area contributed by atoms with Gasteiger partial charge in [0.1, 0.15) is 0 Å². The van der Waals surface area contributed by atoms with E-state index in [4.69, 9.17) is 0 Å². The second-order valence-electron chi connectivity index (χ2n) is 8.56. The van der Waals surface area contributed by atoms with Crippen LogP contribution >= 0.6 is 0 Å². The van der Waals surface area contributed by atoms with Gasteiger partial charge in [-0.05, 0) is 66.6 Å². The average Bonchev–Trinajstić information content (AvgIpc) is 2.31. The highest BCUT2D eigenvalue weighted by Gasteiger charge is 2.41. The summed E-state index contributed by atoms with van der Waals surface area (Å²) in [5, 5.41) is 0. The van der Waals surface area contributed by atoms with Crippen molar-refractivity contribution in [2.75, 3.05) is 0 Å². The maximum atomic E-state index is 2.48. The maximum absolute atomic E-state index is 2.48. The molecule has 0 saturated heterocycles. The monoisotopic (exact) mass is 280 g/mol. The lowest BCUT2D eigenvalue weighted by atomic mass is 9.57. The van der Waals surface area contributed by atoms with E-state index in [0.717, 1.165) is 47.3 Å². The average molecular weight is 281 g/mol. The van der Waals surface area contributed by atoms with Gasteiger partial charge in [-0.25, -0.2) is 0 Å². The van der Waals surface area contributed by atoms with Gasteiger partial charge in [-0.15, -0.1) is 0 Å². The molecule has 1 saturated carbocycles. The Morgan fingerprint density at radius 3 is 1.90 bits per heavy atom. The van der Waals surface area contributed by atoms with Crippen LogP contribution in [0.5, 0.6) is 0 Å². The first-order valence-electron chi connectivity index (χ1n) is 9.29. The highest BCUT2D eigenvalue weighted by molar-refractivity contribution is 4.90. The van der Waals surface area contributed by atoms with E-state index in [1.165, 1.54) is 25.7 Å². The summed E-state index contributed by atoms with van der Waals surface area (Å²) >= 11 is 0. The fraction of sp³-hybridized carbons (Fsp3) is 1.00. The zero-order chi connectivity index (χ0) is 15.4. The van der Waals surface area contributed by atoms with Crippen LogP contribution in [0.4, 0.5) is 0 Å². The molecule has 1 aliphatic carbocycles. The lowest BCUT2D eigenvalue weighted by Crippen LogP contribution is -2.40. The summed E-state index contributed by atoms with van der Waals surface area (Å²) in [6.45, 7) is 19.4. The smallest absolute Gasteiger partial charge is 0.0355 e. The third kappa shape index (κ3) is 4.25. The van der Waals surface area contributed by atoms with Crippen LogP contribution in [-0.2, 0) is 0 Å². The Bertz CT molecular complexity index is 263. The van der Waals surface area contributed by atoms with Crippen LogP contribution in [0.3, 0.4) is 0 Å². The molecule has 1 aliphatic rings. The zero-order valence-corrected chi connectivity index (χ0v) is 15.4. The van der Waals surface area contributed by atoms with Gasteiger partial charge in [0.05, 0.1) is 0 Å². The van der Waals surface area contributed by atoms with Crippen molar-refractivity contribution >= 4 is 0 Å². The molecule has 5 unspecified atom stereocenters. The molecule has 0 heteroatoms. The van der Waals surface area contributed by atoms with Crippen LogP contribution in [-0.4, -0.2) is 0 Å². The zero-order valence-electron chi connectivity index (χ0n) is 15.4. The molecule has 1 fully saturated rings. The molecule has 0 aromatic heterocycles. The van der Waals surface area contributed by atoms with Gasteiger partial charge in [-0.3, -0.25) is 0 Å². The third-order valence-corrected chi connectivity index (χ3v) is 6.53. The molecule has 0 N–H and O–H groups in total. The molecule has 5 atom stereocenters. The molecule has 0 heterocycles. The highest BCUT2D eigenvalue weighted by atomic mass is 14.5. The van der Waals surface area contributed by atoms with Crippen molar-refractivity contribution in [3.05, 3.63) is 0 Å². The Morgan fingerprint density at radius 1 is 0.900 bits per heavy atom. The van der Waals surface area contributed by atoms with Crippen molar-refractivity contribution in [3.8, 4) is 0 Å². The summed E-state index contributed by atoms with van der Waals surface area (Å²) in [5.41, 5.74) is 0. The predicted octanol–water partition coefficient (Wildman–Crippen LogP) is 6.65. The quantitative estimate of drug-likeness (QED) is 0.467. The maximum Gasteiger partial charge on any atom is -0.0355 e. The second-order valence-corrected chi connectivity index (χ2v) is 8.56. The van der Waals surface area contributed by atoms with E-state index >= 15 is 0 Å². The normalized spacial score (nSPS) is 29.9. The van der Waals surface area contributed by atoms with E-state index in [0.29, 0.717) is 0 Å². The first-order valence-corrected chi connectivity index (χ1v) is 9.29. The number of rotatable bonds is 8. The molecule has 0 nitrogen and oxygen atoms in total. The molecular formula is C20H40. The van der Waals surface area contributed by atoms with Crippen molar-refractivity contribution in [1.29, 1.82) is 0 Å². The van der Waals surface area contributed by atoms with Crippen LogP contribution in [0.25, 0.3) is 0 Å². The van der Waals surface area contributed by atoms with Gasteiger partial charge >= 0.3 is 0 Å². The van der Waals surface area contributed by atoms with Gasteiger partial charge in [-0.2, -0.15) is 0 Å². The van der Waals surface area contributed by atoms with E-state index in [1.807, 2.05) is 0 Å². The largest absolute Gasteiger partial charge is 0.0651 e. The fourth-order valence-electron chi connectivity index (χ4n) is 4.62. The SMILES string of the molecule is CCC1CC(C(C)C)C1CCC(C(C)C)C(C)C(C)C. The Hall–Kier alpha value is 0. The van der Waals surface area contributed by atoms with Crippen molar-refractivity contribution in [2.24, 2.45) is 47.3 Å². The summed E-state index contributed by atoms with van der Waals surface area (Å²) in [5.74, 6) is 7.42. The molecule has 120 valence electrons. The molecule has 1 rings (SSSR count). The molecule has 0 aromatic carbocycles. The Morgan fingerprint density at radius 2 is 1.50 bits per heavy atom. The van der Waals surface area contributed by atoms with Gasteiger partial charge in [0.15, 0.2) is 0 Å². The van der Waals surface area contributed by atoms with Crippen LogP contribution in [0.1, 0.15) is 81.1 Å². The van der Waals surface area contributed by atoms with E-state index in [2.05, 4.69) is 55.4 Å². The standard InChI is InChI=1S/C20H40/c1-9-17-12-20(15(6)7)19(17)11-10-18(14(4)5)16(8)13(2)3/h13-20H,9-12H2,1-8H3. The van der Waals surface area contributed by atoms with E-state index in [1.54, 1.807) is 0 Å². The molecule has 0 aliphatic heterocycles. The fourth-order valence-corrected chi connectivity index (χ4v) is 4.62. The topological polar surface area (TPSA) is 0 Å². The first kappa shape index (κ1) is 18.1. The lowest BCUT2D eigenvalue weighted by Gasteiger charge is -2.48. The first-order chi connectivity index (χ1) is 9.29. The van der Waals surface area contributed by atoms with E-state index in [-0.39, 0.29) is 0 Å². The van der Waals surface area contributed by atoms with Gasteiger partial charge in [0.25, 0.3) is 0 Å². The second kappa shape index (κ2) is 7.85. The van der Waals surface area contributed by atoms with Crippen LogP contribution in [0, 0.1) is 47.3 Å². The summed E-state index contributed by atoms with van der Waals surface area (Å²) in [4.78, 5) is 0. The van der Waals surface area contributed by atoms with E-state index < -0.39 is 0 Å². The highest BCUT2D eigenvalue weighted by Crippen LogP contribution is 2.49. The van der Waals surface area contributed by atoms with Crippen LogP contribution in [0.15, 0.2) is 0 Å². The van der Waals surface area contributed by atoms with Crippen molar-refractivity contribution in [2.45, 2.75) is 81.1 Å². The van der Waals surface area contributed by atoms with Crippen LogP contribution in [0.2, 0.25) is 0 Å². The Kier molecular flexibility index (Phi) is 7.09. The Labute approximate surface area is 129 Å². The summed E-state index contributed by atoms with van der Waals surface area (Å²) in [6, 6.07) is 0. The minimum Gasteiger partial charge on any atom is -0.0651 e. The minimum atomic E-state index is 0.826. The summed E-state index contributed by atoms with van der Waals surface area (Å²) in [7, 11) is 0. The molecule has 20 heavy (non-hydrogen) atoms. The van der Waals surface area contributed by atoms with Crippen molar-refractivity contribution in [1.82, 2.24) is 0 Å².